The van der Waals surface area contributed by atoms with Gasteiger partial charge in [0.25, 0.3) is 0 Å². The van der Waals surface area contributed by atoms with Crippen LogP contribution in [0.25, 0.3) is 0 Å². The number of halogens is 2. The van der Waals surface area contributed by atoms with Crippen LogP contribution >= 0.6 is 27.5 Å². The third kappa shape index (κ3) is 4.70. The molecule has 140 valence electrons. The van der Waals surface area contributed by atoms with Gasteiger partial charge in [-0.05, 0) is 70.7 Å². The number of nitrogens with one attached hydrogen (secondary N) is 1. The van der Waals surface area contributed by atoms with Crippen LogP contribution in [0.3, 0.4) is 0 Å². The molecule has 5 nitrogen and oxygen atoms in total. The fourth-order valence-electron chi connectivity index (χ4n) is 2.61. The lowest BCUT2D eigenvalue weighted by Crippen LogP contribution is -2.03. The summed E-state index contributed by atoms with van der Waals surface area (Å²) in [6.07, 6.45) is 1.62. The molecule has 0 aliphatic carbocycles. The van der Waals surface area contributed by atoms with E-state index < -0.39 is 0 Å². The summed E-state index contributed by atoms with van der Waals surface area (Å²) in [7, 11) is 1.65. The van der Waals surface area contributed by atoms with Crippen molar-refractivity contribution in [1.29, 1.82) is 0 Å². The smallest absolute Gasteiger partial charge is 0.224 e. The second kappa shape index (κ2) is 8.59. The zero-order chi connectivity index (χ0) is 19.4. The summed E-state index contributed by atoms with van der Waals surface area (Å²) in [5, 5.41) is 3.51. The molecule has 0 aliphatic rings. The standard InChI is InChI=1S/C20H19BrClN3O2/c1-12-4-9-17(27-11-14-5-7-15(26-3)8-6-14)13(2)18(12)24-19-16(21)10-23-20(22)25-19/h4-10H,11H2,1-3H3,(H,23,24,25). The SMILES string of the molecule is COc1ccc(COc2ccc(C)c(Nc3nc(Cl)ncc3Br)c2C)cc1. The van der Waals surface area contributed by atoms with Gasteiger partial charge in [0, 0.05) is 17.4 Å². The largest absolute Gasteiger partial charge is 0.497 e. The molecule has 0 fully saturated rings. The topological polar surface area (TPSA) is 56.3 Å². The highest BCUT2D eigenvalue weighted by atomic mass is 79.9. The summed E-state index contributed by atoms with van der Waals surface area (Å²) in [6, 6.07) is 11.8. The summed E-state index contributed by atoms with van der Waals surface area (Å²) < 4.78 is 11.9. The van der Waals surface area contributed by atoms with E-state index in [1.807, 2.05) is 50.2 Å². The lowest BCUT2D eigenvalue weighted by atomic mass is 10.1. The number of hydrogen-bond donors (Lipinski definition) is 1. The van der Waals surface area contributed by atoms with Crippen LogP contribution in [0, 0.1) is 13.8 Å². The zero-order valence-electron chi connectivity index (χ0n) is 15.2. The Labute approximate surface area is 171 Å². The molecule has 0 aliphatic heterocycles. The maximum absolute atomic E-state index is 6.03. The van der Waals surface area contributed by atoms with Crippen molar-refractivity contribution in [2.24, 2.45) is 0 Å². The fraction of sp³-hybridized carbons (Fsp3) is 0.200. The predicted molar refractivity (Wildman–Crippen MR) is 111 cm³/mol. The van der Waals surface area contributed by atoms with E-state index in [1.54, 1.807) is 13.3 Å². The molecule has 1 heterocycles. The summed E-state index contributed by atoms with van der Waals surface area (Å²) in [5.74, 6) is 2.23. The van der Waals surface area contributed by atoms with Crippen LogP contribution < -0.4 is 14.8 Å². The van der Waals surface area contributed by atoms with Gasteiger partial charge in [0.2, 0.25) is 5.28 Å². The van der Waals surface area contributed by atoms with Crippen molar-refractivity contribution in [3.8, 4) is 11.5 Å². The predicted octanol–water partition coefficient (Wildman–Crippen LogP) is 5.84. The van der Waals surface area contributed by atoms with Gasteiger partial charge in [-0.1, -0.05) is 18.2 Å². The van der Waals surface area contributed by atoms with E-state index in [0.717, 1.165) is 38.3 Å². The van der Waals surface area contributed by atoms with Crippen molar-refractivity contribution in [1.82, 2.24) is 9.97 Å². The number of rotatable bonds is 6. The van der Waals surface area contributed by atoms with Crippen molar-refractivity contribution in [3.63, 3.8) is 0 Å². The number of aryl methyl sites for hydroxylation is 1. The van der Waals surface area contributed by atoms with Crippen molar-refractivity contribution < 1.29 is 9.47 Å². The maximum atomic E-state index is 6.03. The van der Waals surface area contributed by atoms with Gasteiger partial charge in [0.05, 0.1) is 11.6 Å². The number of ether oxygens (including phenoxy) is 2. The molecule has 0 bridgehead atoms. The van der Waals surface area contributed by atoms with Crippen LogP contribution in [0.4, 0.5) is 11.5 Å². The summed E-state index contributed by atoms with van der Waals surface area (Å²) >= 11 is 9.36. The molecule has 3 aromatic rings. The molecule has 1 aromatic heterocycles. The van der Waals surface area contributed by atoms with Crippen LogP contribution in [0.5, 0.6) is 11.5 Å². The average Bonchev–Trinajstić information content (AvgIpc) is 2.67. The number of methoxy groups -OCH3 is 1. The van der Waals surface area contributed by atoms with Crippen molar-refractivity contribution in [2.75, 3.05) is 12.4 Å². The Morgan fingerprint density at radius 1 is 1.11 bits per heavy atom. The van der Waals surface area contributed by atoms with Gasteiger partial charge in [0.15, 0.2) is 0 Å². The molecular weight excluding hydrogens is 430 g/mol. The normalized spacial score (nSPS) is 10.6. The first-order valence-electron chi connectivity index (χ1n) is 8.29. The average molecular weight is 449 g/mol. The number of aromatic nitrogens is 2. The van der Waals surface area contributed by atoms with Gasteiger partial charge in [-0.2, -0.15) is 4.98 Å². The van der Waals surface area contributed by atoms with Gasteiger partial charge < -0.3 is 14.8 Å². The second-order valence-electron chi connectivity index (χ2n) is 5.98. The van der Waals surface area contributed by atoms with Crippen molar-refractivity contribution >= 4 is 39.0 Å². The van der Waals surface area contributed by atoms with Crippen LogP contribution in [0.15, 0.2) is 47.1 Å². The van der Waals surface area contributed by atoms with E-state index in [9.17, 15) is 0 Å². The van der Waals surface area contributed by atoms with Gasteiger partial charge in [-0.15, -0.1) is 0 Å². The van der Waals surface area contributed by atoms with Gasteiger partial charge in [-0.25, -0.2) is 4.98 Å². The third-order valence-corrected chi connectivity index (χ3v) is 4.90. The highest BCUT2D eigenvalue weighted by Gasteiger charge is 2.12. The molecule has 27 heavy (non-hydrogen) atoms. The van der Waals surface area contributed by atoms with Crippen LogP contribution in [0.2, 0.25) is 5.28 Å². The van der Waals surface area contributed by atoms with E-state index >= 15 is 0 Å². The molecule has 0 atom stereocenters. The molecule has 0 amide bonds. The first-order valence-corrected chi connectivity index (χ1v) is 9.46. The molecule has 0 unspecified atom stereocenters. The van der Waals surface area contributed by atoms with E-state index in [1.165, 1.54) is 0 Å². The van der Waals surface area contributed by atoms with E-state index in [-0.39, 0.29) is 5.28 Å². The fourth-order valence-corrected chi connectivity index (χ4v) is 3.03. The summed E-state index contributed by atoms with van der Waals surface area (Å²) in [4.78, 5) is 8.19. The summed E-state index contributed by atoms with van der Waals surface area (Å²) in [5.41, 5.74) is 4.06. The van der Waals surface area contributed by atoms with E-state index in [2.05, 4.69) is 31.2 Å². The Hall–Kier alpha value is -2.31. The third-order valence-electron chi connectivity index (χ3n) is 4.14. The van der Waals surface area contributed by atoms with Crippen LogP contribution in [-0.4, -0.2) is 17.1 Å². The lowest BCUT2D eigenvalue weighted by molar-refractivity contribution is 0.304. The molecule has 0 saturated heterocycles. The maximum Gasteiger partial charge on any atom is 0.224 e. The Morgan fingerprint density at radius 3 is 2.56 bits per heavy atom. The van der Waals surface area contributed by atoms with Crippen molar-refractivity contribution in [2.45, 2.75) is 20.5 Å². The highest BCUT2D eigenvalue weighted by Crippen LogP contribution is 2.33. The number of benzene rings is 2. The molecule has 0 radical (unpaired) electrons. The quantitative estimate of drug-likeness (QED) is 0.480. The molecule has 7 heteroatoms. The second-order valence-corrected chi connectivity index (χ2v) is 7.17. The first-order chi connectivity index (χ1) is 13.0. The van der Waals surface area contributed by atoms with Gasteiger partial charge in [0.1, 0.15) is 23.9 Å². The molecular formula is C20H19BrClN3O2. The minimum absolute atomic E-state index is 0.183. The van der Waals surface area contributed by atoms with E-state index in [4.69, 9.17) is 21.1 Å². The number of hydrogen-bond acceptors (Lipinski definition) is 5. The van der Waals surface area contributed by atoms with Crippen molar-refractivity contribution in [3.05, 3.63) is 69.0 Å². The Morgan fingerprint density at radius 2 is 1.85 bits per heavy atom. The monoisotopic (exact) mass is 447 g/mol. The number of anilines is 2. The molecule has 1 N–H and O–H groups in total. The molecule has 0 saturated carbocycles. The van der Waals surface area contributed by atoms with Crippen LogP contribution in [-0.2, 0) is 6.61 Å². The van der Waals surface area contributed by atoms with Gasteiger partial charge >= 0.3 is 0 Å². The Balaban J connectivity index is 1.81. The minimum atomic E-state index is 0.183. The Kier molecular flexibility index (Phi) is 6.19. The van der Waals surface area contributed by atoms with Crippen LogP contribution in [0.1, 0.15) is 16.7 Å². The molecule has 0 spiro atoms. The minimum Gasteiger partial charge on any atom is -0.497 e. The highest BCUT2D eigenvalue weighted by molar-refractivity contribution is 9.10. The summed E-state index contributed by atoms with van der Waals surface area (Å²) in [6.45, 7) is 4.51. The Bertz CT molecular complexity index is 949. The first kappa shape index (κ1) is 19.5. The van der Waals surface area contributed by atoms with E-state index in [0.29, 0.717) is 12.4 Å². The lowest BCUT2D eigenvalue weighted by Gasteiger charge is -2.17. The van der Waals surface area contributed by atoms with Gasteiger partial charge in [-0.3, -0.25) is 0 Å². The zero-order valence-corrected chi connectivity index (χ0v) is 17.6. The number of nitrogens with zero attached hydrogens (tertiary/aromatic N) is 2. The molecule has 2 aromatic carbocycles. The molecule has 3 rings (SSSR count).